The van der Waals surface area contributed by atoms with Crippen molar-refractivity contribution in [1.29, 1.82) is 0 Å². The molecular weight excluding hydrogens is 343 g/mol. The van der Waals surface area contributed by atoms with Crippen molar-refractivity contribution in [3.63, 3.8) is 0 Å². The first-order valence-electron chi connectivity index (χ1n) is 9.13. The molecule has 0 aliphatic carbocycles. The minimum atomic E-state index is -0.0493. The highest BCUT2D eigenvalue weighted by molar-refractivity contribution is 7.16. The molecule has 4 heteroatoms. The van der Waals surface area contributed by atoms with E-state index in [0.717, 1.165) is 23.7 Å². The third kappa shape index (κ3) is 3.99. The summed E-state index contributed by atoms with van der Waals surface area (Å²) in [6.07, 6.45) is 4.61. The lowest BCUT2D eigenvalue weighted by Gasteiger charge is -2.11. The lowest BCUT2D eigenvalue weighted by Crippen LogP contribution is -2.03. The van der Waals surface area contributed by atoms with E-state index in [9.17, 15) is 4.79 Å². The van der Waals surface area contributed by atoms with Crippen molar-refractivity contribution in [2.24, 2.45) is 0 Å². The van der Waals surface area contributed by atoms with Crippen molar-refractivity contribution in [3.05, 3.63) is 63.8 Å². The van der Waals surface area contributed by atoms with Gasteiger partial charge in [0.2, 0.25) is 0 Å². The van der Waals surface area contributed by atoms with Gasteiger partial charge in [-0.2, -0.15) is 0 Å². The molecule has 0 aliphatic rings. The number of unbranched alkanes of at least 4 members (excludes halogenated alkanes) is 1. The van der Waals surface area contributed by atoms with Gasteiger partial charge in [0.15, 0.2) is 16.8 Å². The summed E-state index contributed by atoms with van der Waals surface area (Å²) in [6, 6.07) is 13.5. The maximum absolute atomic E-state index is 12.6. The minimum absolute atomic E-state index is 0.0493. The molecule has 0 spiro atoms. The summed E-state index contributed by atoms with van der Waals surface area (Å²) in [4.78, 5) is 12.6. The molecule has 1 aromatic heterocycles. The maximum atomic E-state index is 12.6. The van der Waals surface area contributed by atoms with Gasteiger partial charge in [0.25, 0.3) is 0 Å². The van der Waals surface area contributed by atoms with Gasteiger partial charge < -0.3 is 9.15 Å². The van der Waals surface area contributed by atoms with Crippen LogP contribution in [0, 0.1) is 6.92 Å². The maximum Gasteiger partial charge on any atom is 0.193 e. The second-order valence-electron chi connectivity index (χ2n) is 6.44. The van der Waals surface area contributed by atoms with Crippen LogP contribution in [0.1, 0.15) is 30.9 Å². The van der Waals surface area contributed by atoms with Gasteiger partial charge in [-0.1, -0.05) is 30.3 Å². The summed E-state index contributed by atoms with van der Waals surface area (Å²) < 4.78 is 11.8. The summed E-state index contributed by atoms with van der Waals surface area (Å²) in [7, 11) is 2.77. The van der Waals surface area contributed by atoms with Gasteiger partial charge >= 0.3 is 0 Å². The van der Waals surface area contributed by atoms with E-state index in [0.29, 0.717) is 29.1 Å². The zero-order valence-electron chi connectivity index (χ0n) is 15.4. The zero-order chi connectivity index (χ0) is 18.5. The fourth-order valence-electron chi connectivity index (χ4n) is 3.07. The Kier molecular flexibility index (Phi) is 6.11. The van der Waals surface area contributed by atoms with E-state index < -0.39 is 0 Å². The number of benzene rings is 2. The first-order chi connectivity index (χ1) is 12.6. The van der Waals surface area contributed by atoms with E-state index in [1.807, 2.05) is 32.0 Å². The SMILES string of the molecule is CCOc1c(C)ccc2c(=O)cc(-c3ccc(CCCCP)cc3)oc12. The van der Waals surface area contributed by atoms with Crippen LogP contribution >= 0.6 is 9.24 Å². The van der Waals surface area contributed by atoms with Crippen molar-refractivity contribution >= 4 is 20.2 Å². The van der Waals surface area contributed by atoms with Gasteiger partial charge in [0.05, 0.1) is 12.0 Å². The van der Waals surface area contributed by atoms with Gasteiger partial charge in [-0.25, -0.2) is 0 Å². The Morgan fingerprint density at radius 1 is 1.08 bits per heavy atom. The van der Waals surface area contributed by atoms with E-state index >= 15 is 0 Å². The zero-order valence-corrected chi connectivity index (χ0v) is 16.5. The van der Waals surface area contributed by atoms with E-state index in [-0.39, 0.29) is 5.43 Å². The number of hydrogen-bond donors (Lipinski definition) is 0. The van der Waals surface area contributed by atoms with Gasteiger partial charge in [-0.15, -0.1) is 9.24 Å². The van der Waals surface area contributed by atoms with Gasteiger partial charge in [0, 0.05) is 11.6 Å². The largest absolute Gasteiger partial charge is 0.490 e. The molecule has 26 heavy (non-hydrogen) atoms. The molecule has 1 unspecified atom stereocenters. The molecule has 0 saturated carbocycles. The first-order valence-corrected chi connectivity index (χ1v) is 9.95. The third-order valence-electron chi connectivity index (χ3n) is 4.50. The fourth-order valence-corrected chi connectivity index (χ4v) is 3.36. The van der Waals surface area contributed by atoms with Crippen LogP contribution in [0.3, 0.4) is 0 Å². The van der Waals surface area contributed by atoms with E-state index in [2.05, 4.69) is 21.4 Å². The molecule has 0 saturated heterocycles. The molecule has 3 nitrogen and oxygen atoms in total. The fraction of sp³-hybridized carbons (Fsp3) is 0.318. The number of ether oxygens (including phenoxy) is 1. The number of rotatable bonds is 7. The Morgan fingerprint density at radius 2 is 1.85 bits per heavy atom. The monoisotopic (exact) mass is 368 g/mol. The summed E-state index contributed by atoms with van der Waals surface area (Å²) in [6.45, 7) is 4.41. The van der Waals surface area contributed by atoms with Crippen LogP contribution in [-0.4, -0.2) is 12.8 Å². The highest BCUT2D eigenvalue weighted by Gasteiger charge is 2.13. The van der Waals surface area contributed by atoms with E-state index in [4.69, 9.17) is 9.15 Å². The predicted molar refractivity (Wildman–Crippen MR) is 111 cm³/mol. The topological polar surface area (TPSA) is 39.4 Å². The van der Waals surface area contributed by atoms with Crippen LogP contribution in [-0.2, 0) is 6.42 Å². The summed E-state index contributed by atoms with van der Waals surface area (Å²) in [5.41, 5.74) is 3.65. The lowest BCUT2D eigenvalue weighted by molar-refractivity contribution is 0.336. The molecule has 3 aromatic rings. The van der Waals surface area contributed by atoms with E-state index in [1.54, 1.807) is 12.1 Å². The third-order valence-corrected chi connectivity index (χ3v) is 4.90. The van der Waals surface area contributed by atoms with E-state index in [1.165, 1.54) is 18.4 Å². The second-order valence-corrected chi connectivity index (χ2v) is 7.02. The molecule has 1 atom stereocenters. The number of fused-ring (bicyclic) bond motifs is 1. The lowest BCUT2D eigenvalue weighted by atomic mass is 10.0. The van der Waals surface area contributed by atoms with Gasteiger partial charge in [-0.05, 0) is 56.5 Å². The normalized spacial score (nSPS) is 11.0. The molecule has 3 rings (SSSR count). The van der Waals surface area contributed by atoms with Crippen molar-refractivity contribution in [1.82, 2.24) is 0 Å². The average molecular weight is 368 g/mol. The van der Waals surface area contributed by atoms with Crippen molar-refractivity contribution in [2.45, 2.75) is 33.1 Å². The summed E-state index contributed by atoms with van der Waals surface area (Å²) in [5.74, 6) is 1.23. The van der Waals surface area contributed by atoms with Crippen LogP contribution < -0.4 is 10.2 Å². The second kappa shape index (κ2) is 8.51. The smallest absolute Gasteiger partial charge is 0.193 e. The molecule has 136 valence electrons. The van der Waals surface area contributed by atoms with Crippen LogP contribution in [0.2, 0.25) is 0 Å². The molecule has 0 radical (unpaired) electrons. The number of aryl methyl sites for hydroxylation is 2. The van der Waals surface area contributed by atoms with Crippen molar-refractivity contribution in [2.75, 3.05) is 12.8 Å². The highest BCUT2D eigenvalue weighted by Crippen LogP contribution is 2.31. The molecule has 1 heterocycles. The molecule has 0 N–H and O–H groups in total. The quantitative estimate of drug-likeness (QED) is 0.416. The average Bonchev–Trinajstić information content (AvgIpc) is 2.65. The molecule has 0 amide bonds. The van der Waals surface area contributed by atoms with Gasteiger partial charge in [0.1, 0.15) is 5.76 Å². The molecule has 2 aromatic carbocycles. The predicted octanol–water partition coefficient (Wildman–Crippen LogP) is 5.36. The van der Waals surface area contributed by atoms with Crippen LogP contribution in [0.4, 0.5) is 0 Å². The minimum Gasteiger partial charge on any atom is -0.490 e. The standard InChI is InChI=1S/C22H25O3P/c1-3-24-21-15(2)7-12-18-19(23)14-20(25-22(18)21)17-10-8-16(9-11-17)6-4-5-13-26/h7-12,14H,3-6,13,26H2,1-2H3. The Labute approximate surface area is 156 Å². The Bertz CT molecular complexity index is 942. The Morgan fingerprint density at radius 3 is 2.54 bits per heavy atom. The Balaban J connectivity index is 2.00. The first kappa shape index (κ1) is 18.7. The Hall–Kier alpha value is -2.12. The molecule has 0 bridgehead atoms. The van der Waals surface area contributed by atoms with Gasteiger partial charge in [-0.3, -0.25) is 4.79 Å². The molecular formula is C22H25O3P. The van der Waals surface area contributed by atoms with Crippen molar-refractivity contribution < 1.29 is 9.15 Å². The van der Waals surface area contributed by atoms with Crippen LogP contribution in [0.25, 0.3) is 22.3 Å². The summed E-state index contributed by atoms with van der Waals surface area (Å²) in [5, 5.41) is 0.553. The van der Waals surface area contributed by atoms with Crippen molar-refractivity contribution in [3.8, 4) is 17.1 Å². The highest BCUT2D eigenvalue weighted by atomic mass is 31.0. The molecule has 0 aliphatic heterocycles. The van der Waals surface area contributed by atoms with Crippen LogP contribution in [0.15, 0.2) is 51.7 Å². The van der Waals surface area contributed by atoms with Crippen LogP contribution in [0.5, 0.6) is 5.75 Å². The summed E-state index contributed by atoms with van der Waals surface area (Å²) >= 11 is 0. The number of hydrogen-bond acceptors (Lipinski definition) is 3. The molecule has 0 fully saturated rings.